The number of benzene rings is 1. The van der Waals surface area contributed by atoms with E-state index in [4.69, 9.17) is 4.74 Å². The standard InChI is InChI=1S/C20H31N3O3/c1-14-9-8-10-16(13-14)22-18(24)23-12-7-6-11-17(23)15(2)21-19(25)26-20(3,4)5/h8-10,13,15,17H,6-7,11-12H2,1-5H3,(H,21,25)(H,22,24)/t15-,17+/m0/s1. The van der Waals surface area contributed by atoms with E-state index in [9.17, 15) is 9.59 Å². The van der Waals surface area contributed by atoms with Crippen molar-refractivity contribution >= 4 is 17.8 Å². The van der Waals surface area contributed by atoms with Crippen LogP contribution in [-0.2, 0) is 4.74 Å². The maximum atomic E-state index is 12.8. The van der Waals surface area contributed by atoms with E-state index in [0.717, 1.165) is 30.5 Å². The zero-order chi connectivity index (χ0) is 19.3. The molecule has 0 saturated carbocycles. The van der Waals surface area contributed by atoms with Gasteiger partial charge in [0.15, 0.2) is 0 Å². The lowest BCUT2D eigenvalue weighted by atomic mass is 9.97. The van der Waals surface area contributed by atoms with Gasteiger partial charge in [-0.2, -0.15) is 0 Å². The highest BCUT2D eigenvalue weighted by atomic mass is 16.6. The summed E-state index contributed by atoms with van der Waals surface area (Å²) in [7, 11) is 0. The first-order valence-corrected chi connectivity index (χ1v) is 9.29. The van der Waals surface area contributed by atoms with Crippen LogP contribution in [0.4, 0.5) is 15.3 Å². The maximum absolute atomic E-state index is 12.8. The molecule has 2 rings (SSSR count). The molecule has 0 radical (unpaired) electrons. The topological polar surface area (TPSA) is 70.7 Å². The largest absolute Gasteiger partial charge is 0.444 e. The van der Waals surface area contributed by atoms with Crippen LogP contribution < -0.4 is 10.6 Å². The zero-order valence-electron chi connectivity index (χ0n) is 16.5. The number of carbonyl (C=O) groups is 2. The van der Waals surface area contributed by atoms with Crippen molar-refractivity contribution < 1.29 is 14.3 Å². The van der Waals surface area contributed by atoms with Crippen LogP contribution in [0.15, 0.2) is 24.3 Å². The van der Waals surface area contributed by atoms with Gasteiger partial charge in [-0.25, -0.2) is 9.59 Å². The number of nitrogens with zero attached hydrogens (tertiary/aromatic N) is 1. The summed E-state index contributed by atoms with van der Waals surface area (Å²) >= 11 is 0. The third-order valence-corrected chi connectivity index (χ3v) is 4.40. The van der Waals surface area contributed by atoms with Gasteiger partial charge < -0.3 is 20.3 Å². The van der Waals surface area contributed by atoms with E-state index in [0.29, 0.717) is 6.54 Å². The molecule has 6 heteroatoms. The minimum absolute atomic E-state index is 0.0546. The highest BCUT2D eigenvalue weighted by Crippen LogP contribution is 2.22. The van der Waals surface area contributed by atoms with Gasteiger partial charge in [-0.1, -0.05) is 12.1 Å². The van der Waals surface area contributed by atoms with Crippen LogP contribution in [0.25, 0.3) is 0 Å². The van der Waals surface area contributed by atoms with Crippen molar-refractivity contribution in [1.82, 2.24) is 10.2 Å². The maximum Gasteiger partial charge on any atom is 0.407 e. The van der Waals surface area contributed by atoms with Gasteiger partial charge in [-0.3, -0.25) is 0 Å². The van der Waals surface area contributed by atoms with E-state index in [2.05, 4.69) is 10.6 Å². The van der Waals surface area contributed by atoms with E-state index in [1.54, 1.807) is 0 Å². The van der Waals surface area contributed by atoms with Crippen LogP contribution in [0.3, 0.4) is 0 Å². The van der Waals surface area contributed by atoms with Crippen molar-refractivity contribution in [1.29, 1.82) is 0 Å². The summed E-state index contributed by atoms with van der Waals surface area (Å²) in [6.07, 6.45) is 2.42. The fourth-order valence-corrected chi connectivity index (χ4v) is 3.24. The molecule has 144 valence electrons. The van der Waals surface area contributed by atoms with Crippen LogP contribution >= 0.6 is 0 Å². The first-order chi connectivity index (χ1) is 12.2. The summed E-state index contributed by atoms with van der Waals surface area (Å²) in [4.78, 5) is 26.7. The van der Waals surface area contributed by atoms with Crippen molar-refractivity contribution in [2.75, 3.05) is 11.9 Å². The number of alkyl carbamates (subject to hydrolysis) is 1. The number of rotatable bonds is 3. The minimum atomic E-state index is -0.543. The van der Waals surface area contributed by atoms with Crippen LogP contribution in [0.5, 0.6) is 0 Å². The van der Waals surface area contributed by atoms with Gasteiger partial charge in [0.1, 0.15) is 5.60 Å². The van der Waals surface area contributed by atoms with Gasteiger partial charge in [0.2, 0.25) is 0 Å². The molecule has 0 aliphatic carbocycles. The average Bonchev–Trinajstić information content (AvgIpc) is 2.53. The Labute approximate surface area is 156 Å². The van der Waals surface area contributed by atoms with Crippen LogP contribution in [0.2, 0.25) is 0 Å². The normalized spacial score (nSPS) is 18.8. The Balaban J connectivity index is 2.01. The number of aryl methyl sites for hydroxylation is 1. The van der Waals surface area contributed by atoms with Crippen molar-refractivity contribution in [2.24, 2.45) is 0 Å². The van der Waals surface area contributed by atoms with Crippen molar-refractivity contribution in [3.05, 3.63) is 29.8 Å². The monoisotopic (exact) mass is 361 g/mol. The summed E-state index contributed by atoms with van der Waals surface area (Å²) in [5.74, 6) is 0. The molecule has 1 fully saturated rings. The van der Waals surface area contributed by atoms with Crippen LogP contribution in [0, 0.1) is 6.92 Å². The summed E-state index contributed by atoms with van der Waals surface area (Å²) in [5.41, 5.74) is 1.34. The third kappa shape index (κ3) is 5.93. The molecule has 1 aliphatic rings. The number of carbonyl (C=O) groups excluding carboxylic acids is 2. The zero-order valence-corrected chi connectivity index (χ0v) is 16.5. The summed E-state index contributed by atoms with van der Waals surface area (Å²) < 4.78 is 5.33. The fraction of sp³-hybridized carbons (Fsp3) is 0.600. The number of ether oxygens (including phenoxy) is 1. The molecular formula is C20H31N3O3. The molecule has 6 nitrogen and oxygen atoms in total. The first-order valence-electron chi connectivity index (χ1n) is 9.29. The molecule has 0 bridgehead atoms. The highest BCUT2D eigenvalue weighted by Gasteiger charge is 2.32. The molecule has 1 aromatic rings. The fourth-order valence-electron chi connectivity index (χ4n) is 3.24. The predicted octanol–water partition coefficient (Wildman–Crippen LogP) is 4.29. The van der Waals surface area contributed by atoms with Gasteiger partial charge in [0, 0.05) is 18.3 Å². The quantitative estimate of drug-likeness (QED) is 0.843. The lowest BCUT2D eigenvalue weighted by Gasteiger charge is -2.39. The Morgan fingerprint density at radius 1 is 1.27 bits per heavy atom. The van der Waals surface area contributed by atoms with Crippen LogP contribution in [-0.4, -0.2) is 41.3 Å². The molecule has 1 saturated heterocycles. The molecule has 1 aromatic carbocycles. The molecule has 1 heterocycles. The molecule has 0 unspecified atom stereocenters. The summed E-state index contributed by atoms with van der Waals surface area (Å²) in [6.45, 7) is 10.1. The number of hydrogen-bond acceptors (Lipinski definition) is 3. The second-order valence-electron chi connectivity index (χ2n) is 7.99. The Bertz CT molecular complexity index is 639. The van der Waals surface area contributed by atoms with E-state index in [1.807, 2.05) is 63.8 Å². The van der Waals surface area contributed by atoms with Gasteiger partial charge in [0.05, 0.1) is 6.04 Å². The number of nitrogens with one attached hydrogen (secondary N) is 2. The number of piperidine rings is 1. The van der Waals surface area contributed by atoms with Crippen molar-refractivity contribution in [3.8, 4) is 0 Å². The Kier molecular flexibility index (Phi) is 6.51. The molecule has 0 spiro atoms. The molecule has 26 heavy (non-hydrogen) atoms. The smallest absolute Gasteiger partial charge is 0.407 e. The van der Waals surface area contributed by atoms with E-state index >= 15 is 0 Å². The molecule has 0 aromatic heterocycles. The third-order valence-electron chi connectivity index (χ3n) is 4.40. The number of hydrogen-bond donors (Lipinski definition) is 2. The number of amides is 3. The molecule has 3 amide bonds. The second kappa shape index (κ2) is 8.43. The minimum Gasteiger partial charge on any atom is -0.444 e. The Hall–Kier alpha value is -2.24. The second-order valence-corrected chi connectivity index (χ2v) is 7.99. The summed E-state index contributed by atoms with van der Waals surface area (Å²) in [6, 6.07) is 7.37. The Morgan fingerprint density at radius 2 is 2.00 bits per heavy atom. The van der Waals surface area contributed by atoms with Gasteiger partial charge in [-0.15, -0.1) is 0 Å². The molecular weight excluding hydrogens is 330 g/mol. The number of urea groups is 1. The number of likely N-dealkylation sites (tertiary alicyclic amines) is 1. The molecule has 1 aliphatic heterocycles. The van der Waals surface area contributed by atoms with Gasteiger partial charge in [0.25, 0.3) is 0 Å². The lowest BCUT2D eigenvalue weighted by Crippen LogP contribution is -2.55. The molecule has 2 atom stereocenters. The Morgan fingerprint density at radius 3 is 2.65 bits per heavy atom. The first kappa shape index (κ1) is 20.1. The highest BCUT2D eigenvalue weighted by molar-refractivity contribution is 5.89. The van der Waals surface area contributed by atoms with Crippen molar-refractivity contribution in [2.45, 2.75) is 71.6 Å². The lowest BCUT2D eigenvalue weighted by molar-refractivity contribution is 0.0465. The van der Waals surface area contributed by atoms with E-state index in [-0.39, 0.29) is 18.1 Å². The SMILES string of the molecule is Cc1cccc(NC(=O)N2CCCC[C@@H]2[C@H](C)NC(=O)OC(C)(C)C)c1. The van der Waals surface area contributed by atoms with Gasteiger partial charge >= 0.3 is 12.1 Å². The van der Waals surface area contributed by atoms with E-state index < -0.39 is 11.7 Å². The van der Waals surface area contributed by atoms with E-state index in [1.165, 1.54) is 0 Å². The summed E-state index contributed by atoms with van der Waals surface area (Å²) in [5, 5.41) is 5.85. The average molecular weight is 361 g/mol. The number of anilines is 1. The van der Waals surface area contributed by atoms with Gasteiger partial charge in [-0.05, 0) is 71.6 Å². The predicted molar refractivity (Wildman–Crippen MR) is 103 cm³/mol. The molecule has 2 N–H and O–H groups in total. The van der Waals surface area contributed by atoms with Crippen molar-refractivity contribution in [3.63, 3.8) is 0 Å². The van der Waals surface area contributed by atoms with Crippen LogP contribution in [0.1, 0.15) is 52.5 Å².